The number of halogens is 1. The number of rotatable bonds is 6. The van der Waals surface area contributed by atoms with E-state index in [2.05, 4.69) is 30.8 Å². The summed E-state index contributed by atoms with van der Waals surface area (Å²) in [5, 5.41) is 4.72. The second kappa shape index (κ2) is 10.0. The molecule has 1 N–H and O–H groups in total. The van der Waals surface area contributed by atoms with Gasteiger partial charge in [-0.15, -0.1) is 0 Å². The predicted octanol–water partition coefficient (Wildman–Crippen LogP) is 6.89. The molecule has 6 nitrogen and oxygen atoms in total. The average molecular weight is 524 g/mol. The van der Waals surface area contributed by atoms with Gasteiger partial charge in [0.1, 0.15) is 23.4 Å². The summed E-state index contributed by atoms with van der Waals surface area (Å²) in [5.74, 6) is 2.31. The highest BCUT2D eigenvalue weighted by atomic mass is 35.5. The van der Waals surface area contributed by atoms with Crippen molar-refractivity contribution in [3.05, 3.63) is 132 Å². The lowest BCUT2D eigenvalue weighted by molar-refractivity contribution is 0.482. The SMILES string of the molecule is S=C1NC(c2ccccn2)C(c2cccn2-c2ccc(Cl)cn2)N1c1ccc(Oc2ccccc2)cc1. The van der Waals surface area contributed by atoms with Crippen molar-refractivity contribution in [2.75, 3.05) is 4.90 Å². The van der Waals surface area contributed by atoms with Gasteiger partial charge in [-0.05, 0) is 85.0 Å². The largest absolute Gasteiger partial charge is 0.457 e. The van der Waals surface area contributed by atoms with Gasteiger partial charge in [0.2, 0.25) is 0 Å². The number of aromatic nitrogens is 3. The lowest BCUT2D eigenvalue weighted by Gasteiger charge is -2.29. The van der Waals surface area contributed by atoms with Crippen LogP contribution in [-0.4, -0.2) is 19.6 Å². The first-order chi connectivity index (χ1) is 18.2. The summed E-state index contributed by atoms with van der Waals surface area (Å²) in [6.45, 7) is 0. The van der Waals surface area contributed by atoms with E-state index >= 15 is 0 Å². The molecule has 6 rings (SSSR count). The number of para-hydroxylation sites is 1. The van der Waals surface area contributed by atoms with Crippen molar-refractivity contribution in [3.8, 4) is 17.3 Å². The normalized spacial score (nSPS) is 17.0. The van der Waals surface area contributed by atoms with E-state index in [4.69, 9.17) is 28.6 Å². The highest BCUT2D eigenvalue weighted by Gasteiger charge is 2.42. The minimum Gasteiger partial charge on any atom is -0.457 e. The molecule has 0 saturated carbocycles. The fourth-order valence-electron chi connectivity index (χ4n) is 4.59. The van der Waals surface area contributed by atoms with Crippen LogP contribution in [0.3, 0.4) is 0 Å². The molecule has 0 aliphatic carbocycles. The van der Waals surface area contributed by atoms with E-state index in [9.17, 15) is 0 Å². The molecule has 0 spiro atoms. The molecule has 2 atom stereocenters. The Hall–Kier alpha value is -4.20. The van der Waals surface area contributed by atoms with Crippen LogP contribution in [0.2, 0.25) is 5.02 Å². The number of hydrogen-bond acceptors (Lipinski definition) is 4. The Kier molecular flexibility index (Phi) is 6.30. The molecule has 1 saturated heterocycles. The van der Waals surface area contributed by atoms with Crippen molar-refractivity contribution in [3.63, 3.8) is 0 Å². The summed E-state index contributed by atoms with van der Waals surface area (Å²) in [7, 11) is 0. The number of hydrogen-bond donors (Lipinski definition) is 1. The van der Waals surface area contributed by atoms with Crippen LogP contribution in [0.15, 0.2) is 116 Å². The number of pyridine rings is 2. The van der Waals surface area contributed by atoms with E-state index in [1.165, 1.54) is 0 Å². The van der Waals surface area contributed by atoms with Crippen molar-refractivity contribution in [2.45, 2.75) is 12.1 Å². The molecule has 1 fully saturated rings. The molecule has 1 aliphatic heterocycles. The summed E-state index contributed by atoms with van der Waals surface area (Å²) >= 11 is 12.0. The van der Waals surface area contributed by atoms with Gasteiger partial charge in [0.25, 0.3) is 0 Å². The Morgan fingerprint density at radius 3 is 2.32 bits per heavy atom. The number of thiocarbonyl (C=S) groups is 1. The summed E-state index contributed by atoms with van der Waals surface area (Å²) in [5.41, 5.74) is 2.86. The molecule has 8 heteroatoms. The molecule has 182 valence electrons. The van der Waals surface area contributed by atoms with Crippen LogP contribution in [0.4, 0.5) is 5.69 Å². The Morgan fingerprint density at radius 2 is 1.59 bits per heavy atom. The van der Waals surface area contributed by atoms with Gasteiger partial charge in [0.05, 0.1) is 16.8 Å². The zero-order chi connectivity index (χ0) is 25.2. The molecule has 0 radical (unpaired) electrons. The summed E-state index contributed by atoms with van der Waals surface area (Å²) in [4.78, 5) is 11.3. The fraction of sp³-hybridized carbons (Fsp3) is 0.0690. The third-order valence-electron chi connectivity index (χ3n) is 6.23. The smallest absolute Gasteiger partial charge is 0.174 e. The first kappa shape index (κ1) is 23.2. The van der Waals surface area contributed by atoms with Crippen LogP contribution >= 0.6 is 23.8 Å². The van der Waals surface area contributed by atoms with E-state index in [0.29, 0.717) is 10.1 Å². The first-order valence-corrected chi connectivity index (χ1v) is 12.6. The standard InChI is InChI=1S/C29H22ClN5OS/c30-20-11-16-26(32-19-20)34-18-6-10-25(34)28-27(24-9-4-5-17-31-24)33-29(37)35(28)21-12-14-23(15-13-21)36-22-7-2-1-3-8-22/h1-19,27-28H,(H,33,37). The topological polar surface area (TPSA) is 55.2 Å². The number of nitrogens with zero attached hydrogens (tertiary/aromatic N) is 4. The molecule has 37 heavy (non-hydrogen) atoms. The van der Waals surface area contributed by atoms with Crippen LogP contribution in [0.1, 0.15) is 23.5 Å². The second-order valence-corrected chi connectivity index (χ2v) is 9.37. The Morgan fingerprint density at radius 1 is 0.811 bits per heavy atom. The van der Waals surface area contributed by atoms with Crippen LogP contribution in [0, 0.1) is 0 Å². The third-order valence-corrected chi connectivity index (χ3v) is 6.77. The van der Waals surface area contributed by atoms with E-state index in [1.54, 1.807) is 12.4 Å². The van der Waals surface area contributed by atoms with Crippen molar-refractivity contribution in [1.29, 1.82) is 0 Å². The number of benzene rings is 2. The average Bonchev–Trinajstić information content (AvgIpc) is 3.55. The first-order valence-electron chi connectivity index (χ1n) is 11.8. The fourth-order valence-corrected chi connectivity index (χ4v) is 5.04. The molecule has 3 aromatic heterocycles. The van der Waals surface area contributed by atoms with Crippen LogP contribution in [0.25, 0.3) is 5.82 Å². The Bertz CT molecular complexity index is 1510. The summed E-state index contributed by atoms with van der Waals surface area (Å²) < 4.78 is 8.06. The van der Waals surface area contributed by atoms with Gasteiger partial charge in [0, 0.05) is 30.0 Å². The van der Waals surface area contributed by atoms with E-state index in [0.717, 1.165) is 34.4 Å². The van der Waals surface area contributed by atoms with Gasteiger partial charge in [-0.1, -0.05) is 35.9 Å². The molecule has 0 amide bonds. The van der Waals surface area contributed by atoms with Crippen LogP contribution in [-0.2, 0) is 0 Å². The van der Waals surface area contributed by atoms with Crippen molar-refractivity contribution in [1.82, 2.24) is 19.9 Å². The lowest BCUT2D eigenvalue weighted by atomic mass is 10.0. The highest BCUT2D eigenvalue weighted by Crippen LogP contribution is 2.42. The minimum absolute atomic E-state index is 0.171. The number of ether oxygens (including phenoxy) is 1. The molecule has 2 unspecified atom stereocenters. The highest BCUT2D eigenvalue weighted by molar-refractivity contribution is 7.80. The molecule has 5 aromatic rings. The summed E-state index contributed by atoms with van der Waals surface area (Å²) in [6.07, 6.45) is 5.45. The maximum atomic E-state index is 6.10. The molecule has 2 aromatic carbocycles. The molecule has 1 aliphatic rings. The molecule has 0 bridgehead atoms. The van der Waals surface area contributed by atoms with E-state index < -0.39 is 0 Å². The minimum atomic E-state index is -0.184. The van der Waals surface area contributed by atoms with Gasteiger partial charge in [-0.25, -0.2) is 4.98 Å². The monoisotopic (exact) mass is 523 g/mol. The molecule has 4 heterocycles. The zero-order valence-electron chi connectivity index (χ0n) is 19.6. The van der Waals surface area contributed by atoms with E-state index in [1.807, 2.05) is 97.2 Å². The maximum Gasteiger partial charge on any atom is 0.174 e. The van der Waals surface area contributed by atoms with Gasteiger partial charge < -0.3 is 19.5 Å². The van der Waals surface area contributed by atoms with Crippen LogP contribution in [0.5, 0.6) is 11.5 Å². The molecular formula is C29H22ClN5OS. The Labute approximate surface area is 225 Å². The van der Waals surface area contributed by atoms with Crippen molar-refractivity contribution < 1.29 is 4.74 Å². The zero-order valence-corrected chi connectivity index (χ0v) is 21.2. The van der Waals surface area contributed by atoms with Gasteiger partial charge in [-0.3, -0.25) is 4.98 Å². The third kappa shape index (κ3) is 4.67. The van der Waals surface area contributed by atoms with E-state index in [-0.39, 0.29) is 12.1 Å². The van der Waals surface area contributed by atoms with Gasteiger partial charge >= 0.3 is 0 Å². The van der Waals surface area contributed by atoms with Crippen LogP contribution < -0.4 is 15.0 Å². The van der Waals surface area contributed by atoms with Gasteiger partial charge in [-0.2, -0.15) is 0 Å². The predicted molar refractivity (Wildman–Crippen MR) is 149 cm³/mol. The second-order valence-electron chi connectivity index (χ2n) is 8.54. The lowest BCUT2D eigenvalue weighted by Crippen LogP contribution is -2.30. The molecular weight excluding hydrogens is 502 g/mol. The Balaban J connectivity index is 1.40. The van der Waals surface area contributed by atoms with Gasteiger partial charge in [0.15, 0.2) is 5.11 Å². The number of anilines is 1. The quantitative estimate of drug-likeness (QED) is 0.245. The summed E-state index contributed by atoms with van der Waals surface area (Å²) in [6, 6.07) is 31.1. The maximum absolute atomic E-state index is 6.10. The number of nitrogens with one attached hydrogen (secondary N) is 1. The van der Waals surface area contributed by atoms with Crippen molar-refractivity contribution in [2.24, 2.45) is 0 Å². The van der Waals surface area contributed by atoms with Crippen molar-refractivity contribution >= 4 is 34.6 Å².